The van der Waals surface area contributed by atoms with E-state index >= 15 is 0 Å². The lowest BCUT2D eigenvalue weighted by atomic mass is 9.66. The summed E-state index contributed by atoms with van der Waals surface area (Å²) in [5, 5.41) is 0. The van der Waals surface area contributed by atoms with E-state index in [9.17, 15) is 4.79 Å². The maximum atomic E-state index is 11.0. The molecule has 0 aliphatic heterocycles. The van der Waals surface area contributed by atoms with Gasteiger partial charge in [-0.25, -0.2) is 0 Å². The van der Waals surface area contributed by atoms with E-state index in [4.69, 9.17) is 0 Å². The van der Waals surface area contributed by atoms with Crippen molar-refractivity contribution in [1.82, 2.24) is 0 Å². The minimum absolute atomic E-state index is 0.152. The fraction of sp³-hybridized carbons (Fsp3) is 0.364. The lowest BCUT2D eigenvalue weighted by Crippen LogP contribution is -2.35. The number of halogens is 1. The Kier molecular flexibility index (Phi) is 2.24. The highest BCUT2D eigenvalue weighted by molar-refractivity contribution is 9.10. The Balaban J connectivity index is 2.33. The second kappa shape index (κ2) is 3.26. The van der Waals surface area contributed by atoms with E-state index < -0.39 is 0 Å². The molecule has 68 valence electrons. The second-order valence-electron chi connectivity index (χ2n) is 3.63. The number of hydrogen-bond donors (Lipinski definition) is 0. The zero-order valence-electron chi connectivity index (χ0n) is 7.29. The molecule has 2 heteroatoms. The predicted molar refractivity (Wildman–Crippen MR) is 55.7 cm³/mol. The maximum absolute atomic E-state index is 11.0. The fourth-order valence-corrected chi connectivity index (χ4v) is 2.08. The van der Waals surface area contributed by atoms with Crippen LogP contribution >= 0.6 is 15.9 Å². The van der Waals surface area contributed by atoms with E-state index in [-0.39, 0.29) is 5.41 Å². The fourth-order valence-electron chi connectivity index (χ4n) is 1.81. The summed E-state index contributed by atoms with van der Waals surface area (Å²) in [5.41, 5.74) is 1.01. The third-order valence-corrected chi connectivity index (χ3v) is 3.42. The van der Waals surface area contributed by atoms with Gasteiger partial charge in [0, 0.05) is 4.47 Å². The van der Waals surface area contributed by atoms with Gasteiger partial charge in [0.1, 0.15) is 6.29 Å². The number of carbonyl (C=O) groups excluding carboxylic acids is 1. The van der Waals surface area contributed by atoms with Crippen molar-refractivity contribution in [2.45, 2.75) is 24.7 Å². The molecule has 1 aliphatic carbocycles. The van der Waals surface area contributed by atoms with Crippen molar-refractivity contribution in [2.75, 3.05) is 0 Å². The third-order valence-electron chi connectivity index (χ3n) is 2.89. The van der Waals surface area contributed by atoms with Gasteiger partial charge in [0.25, 0.3) is 0 Å². The summed E-state index contributed by atoms with van der Waals surface area (Å²) in [4.78, 5) is 11.0. The summed E-state index contributed by atoms with van der Waals surface area (Å²) in [6, 6.07) is 8.08. The molecule has 0 heterocycles. The minimum atomic E-state index is -0.152. The van der Waals surface area contributed by atoms with Crippen LogP contribution in [0.1, 0.15) is 24.8 Å². The first-order valence-corrected chi connectivity index (χ1v) is 5.28. The van der Waals surface area contributed by atoms with Gasteiger partial charge in [-0.15, -0.1) is 0 Å². The number of rotatable bonds is 2. The van der Waals surface area contributed by atoms with Crippen LogP contribution in [0.5, 0.6) is 0 Å². The third kappa shape index (κ3) is 1.44. The Morgan fingerprint density at radius 1 is 1.23 bits per heavy atom. The van der Waals surface area contributed by atoms with Crippen LogP contribution in [-0.2, 0) is 10.2 Å². The molecule has 1 saturated carbocycles. The minimum Gasteiger partial charge on any atom is -0.302 e. The van der Waals surface area contributed by atoms with Gasteiger partial charge >= 0.3 is 0 Å². The van der Waals surface area contributed by atoms with Gasteiger partial charge in [0.2, 0.25) is 0 Å². The average Bonchev–Trinajstić information content (AvgIpc) is 2.07. The molecule has 0 N–H and O–H groups in total. The smallest absolute Gasteiger partial charge is 0.130 e. The van der Waals surface area contributed by atoms with Crippen LogP contribution in [0, 0.1) is 0 Å². The molecule has 0 aromatic heterocycles. The van der Waals surface area contributed by atoms with Crippen LogP contribution in [0.15, 0.2) is 28.7 Å². The van der Waals surface area contributed by atoms with E-state index in [1.807, 2.05) is 24.3 Å². The van der Waals surface area contributed by atoms with Gasteiger partial charge in [-0.1, -0.05) is 34.5 Å². The van der Waals surface area contributed by atoms with Crippen molar-refractivity contribution in [3.63, 3.8) is 0 Å². The van der Waals surface area contributed by atoms with Crippen molar-refractivity contribution in [3.05, 3.63) is 34.3 Å². The summed E-state index contributed by atoms with van der Waals surface area (Å²) in [7, 11) is 0. The first-order valence-electron chi connectivity index (χ1n) is 4.49. The normalized spacial score (nSPS) is 19.2. The Morgan fingerprint density at radius 2 is 1.85 bits per heavy atom. The van der Waals surface area contributed by atoms with Gasteiger partial charge in [-0.3, -0.25) is 0 Å². The molecule has 1 aromatic rings. The van der Waals surface area contributed by atoms with Gasteiger partial charge in [0.15, 0.2) is 0 Å². The summed E-state index contributed by atoms with van der Waals surface area (Å²) < 4.78 is 1.07. The highest BCUT2D eigenvalue weighted by Gasteiger charge is 2.38. The van der Waals surface area contributed by atoms with E-state index in [2.05, 4.69) is 15.9 Å². The molecule has 1 aromatic carbocycles. The molecule has 1 nitrogen and oxygen atoms in total. The average molecular weight is 239 g/mol. The van der Waals surface area contributed by atoms with E-state index in [0.29, 0.717) is 0 Å². The monoisotopic (exact) mass is 238 g/mol. The lowest BCUT2D eigenvalue weighted by Gasteiger charge is -2.37. The van der Waals surface area contributed by atoms with E-state index in [1.54, 1.807) is 0 Å². The molecule has 0 amide bonds. The molecule has 0 unspecified atom stereocenters. The first kappa shape index (κ1) is 8.95. The van der Waals surface area contributed by atoms with Gasteiger partial charge in [-0.2, -0.15) is 0 Å². The highest BCUT2D eigenvalue weighted by atomic mass is 79.9. The van der Waals surface area contributed by atoms with Crippen LogP contribution in [0.3, 0.4) is 0 Å². The molecular weight excluding hydrogens is 228 g/mol. The largest absolute Gasteiger partial charge is 0.302 e. The van der Waals surface area contributed by atoms with Gasteiger partial charge < -0.3 is 4.79 Å². The zero-order chi connectivity index (χ0) is 9.31. The molecule has 1 fully saturated rings. The van der Waals surface area contributed by atoms with Crippen LogP contribution < -0.4 is 0 Å². The first-order chi connectivity index (χ1) is 6.27. The Bertz CT molecular complexity index is 311. The Labute approximate surface area is 86.3 Å². The molecule has 13 heavy (non-hydrogen) atoms. The molecule has 0 spiro atoms. The van der Waals surface area contributed by atoms with Crippen molar-refractivity contribution >= 4 is 22.2 Å². The molecule has 0 radical (unpaired) electrons. The van der Waals surface area contributed by atoms with E-state index in [0.717, 1.165) is 29.2 Å². The number of hydrogen-bond acceptors (Lipinski definition) is 1. The summed E-state index contributed by atoms with van der Waals surface area (Å²) >= 11 is 3.39. The molecule has 2 rings (SSSR count). The summed E-state index contributed by atoms with van der Waals surface area (Å²) in [5.74, 6) is 0. The lowest BCUT2D eigenvalue weighted by molar-refractivity contribution is -0.115. The van der Waals surface area contributed by atoms with E-state index in [1.165, 1.54) is 6.42 Å². The Morgan fingerprint density at radius 3 is 2.23 bits per heavy atom. The van der Waals surface area contributed by atoms with Crippen LogP contribution in [0.4, 0.5) is 0 Å². The molecule has 0 bridgehead atoms. The summed E-state index contributed by atoms with van der Waals surface area (Å²) in [6.45, 7) is 0. The van der Waals surface area contributed by atoms with Crippen molar-refractivity contribution in [3.8, 4) is 0 Å². The highest BCUT2D eigenvalue weighted by Crippen LogP contribution is 2.41. The second-order valence-corrected chi connectivity index (χ2v) is 4.55. The molecular formula is C11H11BrO. The Hall–Kier alpha value is -0.630. The number of benzene rings is 1. The SMILES string of the molecule is O=CC1(c2ccc(Br)cc2)CCC1. The van der Waals surface area contributed by atoms with Gasteiger partial charge in [-0.05, 0) is 30.5 Å². The molecule has 1 aliphatic rings. The van der Waals surface area contributed by atoms with Crippen LogP contribution in [-0.4, -0.2) is 6.29 Å². The topological polar surface area (TPSA) is 17.1 Å². The maximum Gasteiger partial charge on any atom is 0.130 e. The van der Waals surface area contributed by atoms with Gasteiger partial charge in [0.05, 0.1) is 5.41 Å². The predicted octanol–water partition coefficient (Wildman–Crippen LogP) is 3.07. The quantitative estimate of drug-likeness (QED) is 0.725. The number of carbonyl (C=O) groups is 1. The summed E-state index contributed by atoms with van der Waals surface area (Å²) in [6.07, 6.45) is 4.31. The molecule has 0 atom stereocenters. The van der Waals surface area contributed by atoms with Crippen molar-refractivity contribution in [1.29, 1.82) is 0 Å². The molecule has 0 saturated heterocycles. The van der Waals surface area contributed by atoms with Crippen molar-refractivity contribution in [2.24, 2.45) is 0 Å². The van der Waals surface area contributed by atoms with Crippen LogP contribution in [0.25, 0.3) is 0 Å². The zero-order valence-corrected chi connectivity index (χ0v) is 8.88. The van der Waals surface area contributed by atoms with Crippen molar-refractivity contribution < 1.29 is 4.79 Å². The standard InChI is InChI=1S/C11H11BrO/c12-10-4-2-9(3-5-10)11(8-13)6-1-7-11/h2-5,8H,1,6-7H2. The van der Waals surface area contributed by atoms with Crippen LogP contribution in [0.2, 0.25) is 0 Å². The number of aldehydes is 1.